The second-order valence-corrected chi connectivity index (χ2v) is 8.79. The second-order valence-electron chi connectivity index (χ2n) is 7.03. The molecule has 0 spiro atoms. The van der Waals surface area contributed by atoms with E-state index < -0.39 is 23.5 Å². The van der Waals surface area contributed by atoms with Crippen LogP contribution in [0.5, 0.6) is 5.75 Å². The van der Waals surface area contributed by atoms with Gasteiger partial charge >= 0.3 is 0 Å². The molecule has 0 aromatic heterocycles. The summed E-state index contributed by atoms with van der Waals surface area (Å²) in [6.45, 7) is 0. The van der Waals surface area contributed by atoms with Gasteiger partial charge in [-0.3, -0.25) is 14.5 Å². The highest BCUT2D eigenvalue weighted by Crippen LogP contribution is 2.45. The summed E-state index contributed by atoms with van der Waals surface area (Å²) in [4.78, 5) is 27.7. The first-order valence-electron chi connectivity index (χ1n) is 9.48. The number of ether oxygens (including phenoxy) is 1. The zero-order chi connectivity index (χ0) is 23.0. The maximum Gasteiger partial charge on any atom is 0.300 e. The predicted molar refractivity (Wildman–Crippen MR) is 128 cm³/mol. The lowest BCUT2D eigenvalue weighted by Gasteiger charge is -2.25. The molecule has 0 saturated carbocycles. The van der Waals surface area contributed by atoms with Crippen molar-refractivity contribution in [1.82, 2.24) is 0 Å². The predicted octanol–water partition coefficient (Wildman–Crippen LogP) is 6.39. The number of rotatable bonds is 4. The Hall–Kier alpha value is -2.80. The highest BCUT2D eigenvalue weighted by atomic mass is 79.9. The van der Waals surface area contributed by atoms with Crippen molar-refractivity contribution in [2.75, 3.05) is 12.0 Å². The number of carbonyl (C=O) groups is 2. The van der Waals surface area contributed by atoms with E-state index in [1.54, 1.807) is 42.5 Å². The van der Waals surface area contributed by atoms with Crippen LogP contribution in [0.15, 0.2) is 76.8 Å². The Bertz CT molecular complexity index is 1260. The van der Waals surface area contributed by atoms with Crippen LogP contribution >= 0.6 is 39.1 Å². The molecule has 162 valence electrons. The summed E-state index contributed by atoms with van der Waals surface area (Å²) in [6.07, 6.45) is 0. The van der Waals surface area contributed by atoms with Gasteiger partial charge < -0.3 is 9.84 Å². The first kappa shape index (κ1) is 22.4. The van der Waals surface area contributed by atoms with E-state index in [1.807, 2.05) is 12.1 Å². The molecule has 1 N–H and O–H groups in total. The third kappa shape index (κ3) is 3.90. The van der Waals surface area contributed by atoms with Crippen molar-refractivity contribution >= 4 is 62.3 Å². The molecule has 1 unspecified atom stereocenters. The lowest BCUT2D eigenvalue weighted by atomic mass is 9.95. The monoisotopic (exact) mass is 531 g/mol. The SMILES string of the molecule is COc1c(Cl)cc(Cl)cc1/C(O)=C1\C(=O)C(=O)N(c2cccc(Br)c2)C1c1ccccc1. The van der Waals surface area contributed by atoms with Crippen LogP contribution in [0.3, 0.4) is 0 Å². The number of halogens is 3. The molecule has 1 atom stereocenters. The van der Waals surface area contributed by atoms with E-state index in [0.717, 1.165) is 4.47 Å². The molecule has 0 radical (unpaired) electrons. The number of hydrogen-bond donors (Lipinski definition) is 1. The molecule has 1 amide bonds. The van der Waals surface area contributed by atoms with Crippen LogP contribution in [-0.4, -0.2) is 23.9 Å². The van der Waals surface area contributed by atoms with Crippen LogP contribution in [0.1, 0.15) is 17.2 Å². The molecule has 3 aromatic carbocycles. The first-order chi connectivity index (χ1) is 15.3. The molecule has 4 rings (SSSR count). The van der Waals surface area contributed by atoms with Crippen molar-refractivity contribution in [2.45, 2.75) is 6.04 Å². The Morgan fingerprint density at radius 1 is 1.03 bits per heavy atom. The Morgan fingerprint density at radius 2 is 1.75 bits per heavy atom. The highest BCUT2D eigenvalue weighted by molar-refractivity contribution is 9.10. The lowest BCUT2D eigenvalue weighted by Crippen LogP contribution is -2.29. The lowest BCUT2D eigenvalue weighted by molar-refractivity contribution is -0.132. The van der Waals surface area contributed by atoms with Gasteiger partial charge in [-0.25, -0.2) is 0 Å². The summed E-state index contributed by atoms with van der Waals surface area (Å²) in [6, 6.07) is 18.1. The first-order valence-corrected chi connectivity index (χ1v) is 11.0. The van der Waals surface area contributed by atoms with Crippen LogP contribution in [0.4, 0.5) is 5.69 Å². The number of aliphatic hydroxyl groups is 1. The highest BCUT2D eigenvalue weighted by Gasteiger charge is 2.47. The van der Waals surface area contributed by atoms with E-state index in [9.17, 15) is 14.7 Å². The van der Waals surface area contributed by atoms with Crippen LogP contribution in [-0.2, 0) is 9.59 Å². The number of anilines is 1. The summed E-state index contributed by atoms with van der Waals surface area (Å²) < 4.78 is 6.08. The van der Waals surface area contributed by atoms with Crippen molar-refractivity contribution in [2.24, 2.45) is 0 Å². The minimum absolute atomic E-state index is 0.0854. The summed E-state index contributed by atoms with van der Waals surface area (Å²) >= 11 is 15.8. The molecule has 1 aliphatic rings. The van der Waals surface area contributed by atoms with Crippen molar-refractivity contribution in [1.29, 1.82) is 0 Å². The van der Waals surface area contributed by atoms with Gasteiger partial charge in [-0.1, -0.05) is 75.5 Å². The van der Waals surface area contributed by atoms with Crippen molar-refractivity contribution in [3.63, 3.8) is 0 Å². The number of carbonyl (C=O) groups excluding carboxylic acids is 2. The van der Waals surface area contributed by atoms with E-state index >= 15 is 0 Å². The zero-order valence-electron chi connectivity index (χ0n) is 16.7. The Kier molecular flexibility index (Phi) is 6.29. The average Bonchev–Trinajstić information content (AvgIpc) is 3.04. The van der Waals surface area contributed by atoms with Gasteiger partial charge in [0.15, 0.2) is 0 Å². The van der Waals surface area contributed by atoms with Gasteiger partial charge in [0.1, 0.15) is 11.5 Å². The van der Waals surface area contributed by atoms with E-state index in [0.29, 0.717) is 11.3 Å². The number of Topliss-reactive ketones (excluding diaryl/α,β-unsaturated/α-hetero) is 1. The number of nitrogens with zero attached hydrogens (tertiary/aromatic N) is 1. The standard InChI is InChI=1S/C24H16BrCl2NO4/c1-32-23-17(11-15(26)12-18(23)27)21(29)19-20(13-6-3-2-4-7-13)28(24(31)22(19)30)16-9-5-8-14(25)10-16/h2-12,20,29H,1H3/b21-19+. The number of aliphatic hydroxyl groups excluding tert-OH is 1. The zero-order valence-corrected chi connectivity index (χ0v) is 19.8. The molecule has 1 fully saturated rings. The Labute approximate surface area is 203 Å². The van der Waals surface area contributed by atoms with Crippen molar-refractivity contribution in [3.8, 4) is 5.75 Å². The summed E-state index contributed by atoms with van der Waals surface area (Å²) in [5, 5.41) is 11.7. The molecule has 0 aliphatic carbocycles. The van der Waals surface area contributed by atoms with Gasteiger partial charge in [0.25, 0.3) is 11.7 Å². The van der Waals surface area contributed by atoms with Gasteiger partial charge in [-0.15, -0.1) is 0 Å². The molecule has 1 aliphatic heterocycles. The molecular weight excluding hydrogens is 517 g/mol. The fraction of sp³-hybridized carbons (Fsp3) is 0.0833. The van der Waals surface area contributed by atoms with E-state index in [1.165, 1.54) is 24.1 Å². The van der Waals surface area contributed by atoms with Crippen molar-refractivity contribution < 1.29 is 19.4 Å². The van der Waals surface area contributed by atoms with Gasteiger partial charge in [-0.05, 0) is 35.9 Å². The number of methoxy groups -OCH3 is 1. The van der Waals surface area contributed by atoms with Gasteiger partial charge in [0, 0.05) is 15.2 Å². The summed E-state index contributed by atoms with van der Waals surface area (Å²) in [7, 11) is 1.39. The summed E-state index contributed by atoms with van der Waals surface area (Å²) in [5.41, 5.74) is 1.20. The number of ketones is 1. The Morgan fingerprint density at radius 3 is 2.41 bits per heavy atom. The average molecular weight is 533 g/mol. The second kappa shape index (κ2) is 8.98. The third-order valence-electron chi connectivity index (χ3n) is 5.11. The third-order valence-corrected chi connectivity index (χ3v) is 6.11. The van der Waals surface area contributed by atoms with E-state index in [-0.39, 0.29) is 26.9 Å². The molecule has 0 bridgehead atoms. The largest absolute Gasteiger partial charge is 0.507 e. The minimum atomic E-state index is -0.868. The van der Waals surface area contributed by atoms with Gasteiger partial charge in [-0.2, -0.15) is 0 Å². The van der Waals surface area contributed by atoms with Crippen LogP contribution in [0, 0.1) is 0 Å². The molecule has 3 aromatic rings. The maximum atomic E-state index is 13.2. The van der Waals surface area contributed by atoms with Crippen molar-refractivity contribution in [3.05, 3.63) is 97.9 Å². The van der Waals surface area contributed by atoms with Crippen LogP contribution < -0.4 is 9.64 Å². The Balaban J connectivity index is 2.01. The molecule has 1 heterocycles. The fourth-order valence-electron chi connectivity index (χ4n) is 3.76. The van der Waals surface area contributed by atoms with Crippen LogP contribution in [0.25, 0.3) is 5.76 Å². The van der Waals surface area contributed by atoms with Gasteiger partial charge in [0.2, 0.25) is 0 Å². The number of benzene rings is 3. The molecule has 5 nitrogen and oxygen atoms in total. The minimum Gasteiger partial charge on any atom is -0.507 e. The number of hydrogen-bond acceptors (Lipinski definition) is 4. The molecule has 8 heteroatoms. The van der Waals surface area contributed by atoms with Gasteiger partial charge in [0.05, 0.1) is 29.3 Å². The maximum absolute atomic E-state index is 13.2. The quantitative estimate of drug-likeness (QED) is 0.240. The smallest absolute Gasteiger partial charge is 0.300 e. The molecular formula is C24H16BrCl2NO4. The summed E-state index contributed by atoms with van der Waals surface area (Å²) in [5.74, 6) is -1.86. The van der Waals surface area contributed by atoms with Crippen LogP contribution in [0.2, 0.25) is 10.0 Å². The molecule has 1 saturated heterocycles. The number of amides is 1. The normalized spacial score (nSPS) is 17.6. The van der Waals surface area contributed by atoms with E-state index in [4.69, 9.17) is 27.9 Å². The molecule has 32 heavy (non-hydrogen) atoms. The van der Waals surface area contributed by atoms with E-state index in [2.05, 4.69) is 15.9 Å². The topological polar surface area (TPSA) is 66.8 Å². The fourth-order valence-corrected chi connectivity index (χ4v) is 4.72.